The molecule has 0 amide bonds. The molecule has 2 heteroatoms. The van der Waals surface area contributed by atoms with E-state index in [2.05, 4.69) is 91.7 Å². The van der Waals surface area contributed by atoms with Crippen LogP contribution in [0.15, 0.2) is 42.0 Å². The maximum Gasteiger partial charge on any atom is 0.138 e. The van der Waals surface area contributed by atoms with Crippen LogP contribution in [-0.4, -0.2) is 42.3 Å². The summed E-state index contributed by atoms with van der Waals surface area (Å²) in [7, 11) is 13.4. The molecule has 0 N–H and O–H groups in total. The van der Waals surface area contributed by atoms with Crippen molar-refractivity contribution in [2.75, 3.05) is 42.3 Å². The first-order valence-electron chi connectivity index (χ1n) is 8.64. The molecule has 0 aromatic heterocycles. The highest BCUT2D eigenvalue weighted by Gasteiger charge is 2.23. The number of quaternary nitrogens is 2. The van der Waals surface area contributed by atoms with Gasteiger partial charge in [-0.3, -0.25) is 8.97 Å². The molecule has 0 atom stereocenters. The lowest BCUT2D eigenvalue weighted by atomic mass is 9.95. The van der Waals surface area contributed by atoms with E-state index in [9.17, 15) is 0 Å². The van der Waals surface area contributed by atoms with Gasteiger partial charge in [0.25, 0.3) is 0 Å². The van der Waals surface area contributed by atoms with Crippen LogP contribution in [0.25, 0.3) is 17.2 Å². The fourth-order valence-corrected chi connectivity index (χ4v) is 3.31. The quantitative estimate of drug-likeness (QED) is 0.718. The molecule has 0 radical (unpaired) electrons. The predicted octanol–water partition coefficient (Wildman–Crippen LogP) is 4.71. The van der Waals surface area contributed by atoms with E-state index in [4.69, 9.17) is 0 Å². The Morgan fingerprint density at radius 2 is 1.38 bits per heavy atom. The number of benzene rings is 2. The van der Waals surface area contributed by atoms with Crippen molar-refractivity contribution in [2.45, 2.75) is 13.3 Å². The first-order valence-corrected chi connectivity index (χ1v) is 8.64. The lowest BCUT2D eigenvalue weighted by Crippen LogP contribution is -2.37. The summed E-state index contributed by atoms with van der Waals surface area (Å²) in [5.74, 6) is 0. The Morgan fingerprint density at radius 3 is 1.92 bits per heavy atom. The largest absolute Gasteiger partial charge is 0.298 e. The topological polar surface area (TPSA) is 0 Å². The van der Waals surface area contributed by atoms with E-state index in [-0.39, 0.29) is 0 Å². The summed E-state index contributed by atoms with van der Waals surface area (Å²) in [6.07, 6.45) is 3.44. The van der Waals surface area contributed by atoms with E-state index < -0.39 is 0 Å². The monoisotopic (exact) mass is 322 g/mol. The second-order valence-corrected chi connectivity index (χ2v) is 8.81. The number of nitrogens with zero attached hydrogens (tertiary/aromatic N) is 2. The maximum atomic E-state index is 2.36. The van der Waals surface area contributed by atoms with Crippen LogP contribution >= 0.6 is 0 Å². The van der Waals surface area contributed by atoms with Crippen molar-refractivity contribution in [1.29, 1.82) is 0 Å². The van der Waals surface area contributed by atoms with Crippen LogP contribution in [-0.2, 0) is 6.42 Å². The first-order chi connectivity index (χ1) is 11.1. The van der Waals surface area contributed by atoms with Crippen LogP contribution in [0.2, 0.25) is 0 Å². The Bertz CT molecular complexity index is 783. The molecule has 0 heterocycles. The van der Waals surface area contributed by atoms with E-state index in [0.29, 0.717) is 0 Å². The molecular formula is C22H30N2+2. The van der Waals surface area contributed by atoms with Crippen LogP contribution in [0, 0.1) is 0 Å². The zero-order valence-electron chi connectivity index (χ0n) is 16.1. The molecule has 0 saturated carbocycles. The Hall–Kier alpha value is -1.90. The van der Waals surface area contributed by atoms with E-state index in [0.717, 1.165) is 15.4 Å². The second-order valence-electron chi connectivity index (χ2n) is 8.81. The number of hydrogen-bond acceptors (Lipinski definition) is 0. The molecule has 0 bridgehead atoms. The molecule has 3 rings (SSSR count). The minimum atomic E-state index is 0.824. The lowest BCUT2D eigenvalue weighted by molar-refractivity contribution is 0.472. The van der Waals surface area contributed by atoms with Gasteiger partial charge in [-0.05, 0) is 35.6 Å². The third-order valence-electron chi connectivity index (χ3n) is 4.82. The minimum Gasteiger partial charge on any atom is -0.298 e. The van der Waals surface area contributed by atoms with E-state index in [1.807, 2.05) is 0 Å². The Morgan fingerprint density at radius 1 is 0.792 bits per heavy atom. The SMILES string of the molecule is CC1=Cc2c(cccc2-c2cc([N+](C)(C)C)cc([N+](C)(C)C)c2)C1. The molecular weight excluding hydrogens is 292 g/mol. The molecule has 1 aliphatic carbocycles. The van der Waals surface area contributed by atoms with Gasteiger partial charge in [-0.1, -0.05) is 29.8 Å². The van der Waals surface area contributed by atoms with Gasteiger partial charge in [0.15, 0.2) is 0 Å². The molecule has 126 valence electrons. The highest BCUT2D eigenvalue weighted by molar-refractivity contribution is 5.83. The summed E-state index contributed by atoms with van der Waals surface area (Å²) in [6, 6.07) is 13.8. The highest BCUT2D eigenvalue weighted by Crippen LogP contribution is 2.38. The molecule has 2 aromatic carbocycles. The van der Waals surface area contributed by atoms with Gasteiger partial charge < -0.3 is 0 Å². The normalized spacial score (nSPS) is 14.5. The van der Waals surface area contributed by atoms with Crippen molar-refractivity contribution in [3.05, 3.63) is 53.1 Å². The molecule has 2 nitrogen and oxygen atoms in total. The van der Waals surface area contributed by atoms with Crippen molar-refractivity contribution < 1.29 is 0 Å². The van der Waals surface area contributed by atoms with Gasteiger partial charge in [0.2, 0.25) is 0 Å². The maximum absolute atomic E-state index is 2.36. The van der Waals surface area contributed by atoms with Crippen LogP contribution in [0.1, 0.15) is 18.1 Å². The van der Waals surface area contributed by atoms with Gasteiger partial charge in [-0.15, -0.1) is 0 Å². The molecule has 24 heavy (non-hydrogen) atoms. The fraction of sp³-hybridized carbons (Fsp3) is 0.364. The number of fused-ring (bicyclic) bond motifs is 1. The minimum absolute atomic E-state index is 0.824. The Labute approximate surface area is 146 Å². The fourth-order valence-electron chi connectivity index (χ4n) is 3.31. The average Bonchev–Trinajstić information content (AvgIpc) is 2.84. The second kappa shape index (κ2) is 5.58. The molecule has 0 aliphatic heterocycles. The van der Waals surface area contributed by atoms with Gasteiger partial charge in [-0.2, -0.15) is 0 Å². The van der Waals surface area contributed by atoms with Crippen LogP contribution in [0.5, 0.6) is 0 Å². The molecule has 1 aliphatic rings. The summed E-state index contributed by atoms with van der Waals surface area (Å²) in [6.45, 7) is 2.23. The van der Waals surface area contributed by atoms with E-state index in [1.54, 1.807) is 0 Å². The molecule has 0 spiro atoms. The van der Waals surface area contributed by atoms with Gasteiger partial charge in [-0.25, -0.2) is 0 Å². The van der Waals surface area contributed by atoms with Crippen molar-refractivity contribution in [2.24, 2.45) is 0 Å². The molecule has 0 saturated heterocycles. The number of hydrogen-bond donors (Lipinski definition) is 0. The summed E-state index contributed by atoms with van der Waals surface area (Å²) in [4.78, 5) is 0. The average molecular weight is 322 g/mol. The molecule has 0 unspecified atom stereocenters. The van der Waals surface area contributed by atoms with E-state index in [1.165, 1.54) is 39.2 Å². The van der Waals surface area contributed by atoms with Crippen molar-refractivity contribution in [1.82, 2.24) is 8.97 Å². The van der Waals surface area contributed by atoms with Gasteiger partial charge >= 0.3 is 0 Å². The predicted molar refractivity (Wildman–Crippen MR) is 108 cm³/mol. The Balaban J connectivity index is 2.25. The summed E-state index contributed by atoms with van der Waals surface area (Å²) < 4.78 is 1.65. The molecule has 0 fully saturated rings. The van der Waals surface area contributed by atoms with Crippen LogP contribution in [0.4, 0.5) is 11.4 Å². The Kier molecular flexibility index (Phi) is 3.94. The van der Waals surface area contributed by atoms with Gasteiger partial charge in [0.1, 0.15) is 11.4 Å². The highest BCUT2D eigenvalue weighted by atomic mass is 15.3. The number of rotatable bonds is 3. The van der Waals surface area contributed by atoms with Crippen molar-refractivity contribution in [3.63, 3.8) is 0 Å². The van der Waals surface area contributed by atoms with Crippen molar-refractivity contribution >= 4 is 17.5 Å². The third kappa shape index (κ3) is 3.17. The van der Waals surface area contributed by atoms with Crippen molar-refractivity contribution in [3.8, 4) is 11.1 Å². The summed E-state index contributed by atoms with van der Waals surface area (Å²) in [5.41, 5.74) is 9.67. The van der Waals surface area contributed by atoms with Gasteiger partial charge in [0, 0.05) is 12.1 Å². The van der Waals surface area contributed by atoms with Crippen LogP contribution in [0.3, 0.4) is 0 Å². The van der Waals surface area contributed by atoms with Gasteiger partial charge in [0.05, 0.1) is 48.4 Å². The standard InChI is InChI=1S/C22H30N2/c1-16-11-17-9-8-10-21(22(17)12-16)18-13-19(23(2,3)4)15-20(14-18)24(5,6)7/h8-10,12-15H,11H2,1-7H3/q+2. The zero-order valence-corrected chi connectivity index (χ0v) is 16.1. The number of allylic oxidation sites excluding steroid dienone is 1. The van der Waals surface area contributed by atoms with E-state index >= 15 is 0 Å². The first kappa shape index (κ1) is 16.9. The zero-order chi connectivity index (χ0) is 17.7. The molecule has 2 aromatic rings. The smallest absolute Gasteiger partial charge is 0.138 e. The van der Waals surface area contributed by atoms with Crippen LogP contribution < -0.4 is 8.97 Å². The lowest BCUT2D eigenvalue weighted by Gasteiger charge is -2.29. The summed E-state index contributed by atoms with van der Waals surface area (Å²) in [5, 5.41) is 0. The third-order valence-corrected chi connectivity index (χ3v) is 4.82. The summed E-state index contributed by atoms with van der Waals surface area (Å²) >= 11 is 0.